The number of nitrogens with one attached hydrogen (secondary N) is 1. The molecule has 11 heteroatoms. The summed E-state index contributed by atoms with van der Waals surface area (Å²) in [6, 6.07) is 11.9. The molecule has 1 N–H and O–H groups in total. The first kappa shape index (κ1) is 23.3. The van der Waals surface area contributed by atoms with Crippen LogP contribution in [0.2, 0.25) is 0 Å². The first-order chi connectivity index (χ1) is 17.3. The molecule has 0 aliphatic heterocycles. The molecule has 5 rings (SSSR count). The fourth-order valence-corrected chi connectivity index (χ4v) is 4.20. The van der Waals surface area contributed by atoms with E-state index in [1.807, 2.05) is 47.2 Å². The fraction of sp³-hybridized carbons (Fsp3) is 0.320. The molecule has 4 aromatic heterocycles. The van der Waals surface area contributed by atoms with Crippen LogP contribution in [0.5, 0.6) is 0 Å². The molecule has 5 aromatic rings. The Morgan fingerprint density at radius 3 is 2.58 bits per heavy atom. The lowest BCUT2D eigenvalue weighted by atomic mass is 10.0. The predicted molar refractivity (Wildman–Crippen MR) is 135 cm³/mol. The van der Waals surface area contributed by atoms with Gasteiger partial charge in [0.1, 0.15) is 6.33 Å². The Hall–Kier alpha value is -4.41. The van der Waals surface area contributed by atoms with Crippen LogP contribution in [0.3, 0.4) is 0 Å². The average molecular weight is 485 g/mol. The van der Waals surface area contributed by atoms with Gasteiger partial charge in [0, 0.05) is 29.2 Å². The number of aromatic nitrogens is 10. The third kappa shape index (κ3) is 4.47. The molecule has 0 aliphatic carbocycles. The van der Waals surface area contributed by atoms with Crippen LogP contribution in [-0.4, -0.2) is 49.5 Å². The number of rotatable bonds is 7. The van der Waals surface area contributed by atoms with Crippen molar-refractivity contribution in [3.05, 3.63) is 77.0 Å². The molecule has 0 spiro atoms. The molecular weight excluding hydrogens is 456 g/mol. The normalized spacial score (nSPS) is 11.8. The fourth-order valence-electron chi connectivity index (χ4n) is 4.20. The van der Waals surface area contributed by atoms with Crippen molar-refractivity contribution in [1.29, 1.82) is 0 Å². The predicted octanol–water partition coefficient (Wildman–Crippen LogP) is 3.23. The second-order valence-electron chi connectivity index (χ2n) is 9.65. The standard InChI is InChI=1S/C25H28N10O/c1-5-7-21-15-34(23-30-27-16-35(23)25(2,3)4)24(36)33(21)14-20-13-18(10-11-26-20)17-8-6-9-19(12-17)22-28-31-32-29-22/h6,8-13,15-16H,5,7,14H2,1-4H3,(H,28,29,31,32). The Morgan fingerprint density at radius 2 is 1.83 bits per heavy atom. The molecule has 0 radical (unpaired) electrons. The van der Waals surface area contributed by atoms with Crippen molar-refractivity contribution in [2.75, 3.05) is 0 Å². The summed E-state index contributed by atoms with van der Waals surface area (Å²) in [5.41, 5.74) is 4.17. The zero-order valence-corrected chi connectivity index (χ0v) is 20.8. The molecule has 0 unspecified atom stereocenters. The smallest absolute Gasteiger partial charge is 0.294 e. The van der Waals surface area contributed by atoms with Gasteiger partial charge in [-0.15, -0.1) is 15.3 Å². The van der Waals surface area contributed by atoms with E-state index < -0.39 is 0 Å². The third-order valence-corrected chi connectivity index (χ3v) is 5.99. The van der Waals surface area contributed by atoms with Crippen LogP contribution in [0.4, 0.5) is 0 Å². The zero-order valence-electron chi connectivity index (χ0n) is 20.8. The molecule has 0 aliphatic rings. The van der Waals surface area contributed by atoms with Crippen molar-refractivity contribution in [2.24, 2.45) is 0 Å². The molecule has 1 aromatic carbocycles. The van der Waals surface area contributed by atoms with E-state index in [2.05, 4.69) is 63.5 Å². The van der Waals surface area contributed by atoms with Crippen LogP contribution in [0.15, 0.2) is 59.9 Å². The zero-order chi connectivity index (χ0) is 25.3. The molecule has 36 heavy (non-hydrogen) atoms. The van der Waals surface area contributed by atoms with E-state index in [9.17, 15) is 4.79 Å². The van der Waals surface area contributed by atoms with Gasteiger partial charge in [0.2, 0.25) is 5.95 Å². The second-order valence-corrected chi connectivity index (χ2v) is 9.65. The van der Waals surface area contributed by atoms with Gasteiger partial charge >= 0.3 is 5.69 Å². The van der Waals surface area contributed by atoms with E-state index in [1.54, 1.807) is 21.7 Å². The molecule has 0 fully saturated rings. The summed E-state index contributed by atoms with van der Waals surface area (Å²) in [7, 11) is 0. The van der Waals surface area contributed by atoms with Gasteiger partial charge in [0.05, 0.1) is 12.2 Å². The number of imidazole rings is 1. The largest absolute Gasteiger partial charge is 0.335 e. The minimum Gasteiger partial charge on any atom is -0.294 e. The minimum absolute atomic E-state index is 0.163. The molecule has 0 amide bonds. The van der Waals surface area contributed by atoms with Crippen LogP contribution < -0.4 is 5.69 Å². The number of tetrazole rings is 1. The minimum atomic E-state index is -0.266. The molecule has 11 nitrogen and oxygen atoms in total. The maximum atomic E-state index is 13.6. The molecule has 0 bridgehead atoms. The quantitative estimate of drug-likeness (QED) is 0.376. The lowest BCUT2D eigenvalue weighted by Gasteiger charge is -2.21. The van der Waals surface area contributed by atoms with Crippen LogP contribution in [0, 0.1) is 0 Å². The third-order valence-electron chi connectivity index (χ3n) is 5.99. The Labute approximate surface area is 207 Å². The Morgan fingerprint density at radius 1 is 1.03 bits per heavy atom. The average Bonchev–Trinajstić information content (AvgIpc) is 3.62. The number of hydrogen-bond acceptors (Lipinski definition) is 7. The van der Waals surface area contributed by atoms with Crippen molar-refractivity contribution in [2.45, 2.75) is 52.6 Å². The van der Waals surface area contributed by atoms with Gasteiger partial charge in [-0.3, -0.25) is 14.1 Å². The Balaban J connectivity index is 1.51. The topological polar surface area (TPSA) is 125 Å². The lowest BCUT2D eigenvalue weighted by molar-refractivity contribution is 0.389. The van der Waals surface area contributed by atoms with Crippen molar-refractivity contribution in [3.63, 3.8) is 0 Å². The maximum absolute atomic E-state index is 13.6. The van der Waals surface area contributed by atoms with Crippen LogP contribution in [0.25, 0.3) is 28.5 Å². The van der Waals surface area contributed by atoms with E-state index in [0.717, 1.165) is 40.9 Å². The molecule has 4 heterocycles. The van der Waals surface area contributed by atoms with Gasteiger partial charge in [0.15, 0.2) is 5.82 Å². The summed E-state index contributed by atoms with van der Waals surface area (Å²) >= 11 is 0. The lowest BCUT2D eigenvalue weighted by Crippen LogP contribution is -2.30. The van der Waals surface area contributed by atoms with Gasteiger partial charge in [-0.1, -0.05) is 31.5 Å². The number of aryl methyl sites for hydroxylation is 1. The van der Waals surface area contributed by atoms with E-state index in [4.69, 9.17) is 0 Å². The number of pyridine rings is 1. The summed E-state index contributed by atoms with van der Waals surface area (Å²) in [6.45, 7) is 8.61. The molecule has 184 valence electrons. The van der Waals surface area contributed by atoms with Gasteiger partial charge in [-0.25, -0.2) is 14.5 Å². The summed E-state index contributed by atoms with van der Waals surface area (Å²) in [6.07, 6.45) is 6.97. The maximum Gasteiger partial charge on any atom is 0.335 e. The van der Waals surface area contributed by atoms with E-state index in [-0.39, 0.29) is 11.2 Å². The SMILES string of the molecule is CCCc1cn(-c2nncn2C(C)(C)C)c(=O)n1Cc1cc(-c2cccc(-c3nnn[nH]3)c2)ccn1. The highest BCUT2D eigenvalue weighted by molar-refractivity contribution is 5.70. The Kier molecular flexibility index (Phi) is 6.05. The highest BCUT2D eigenvalue weighted by Crippen LogP contribution is 2.25. The highest BCUT2D eigenvalue weighted by atomic mass is 16.2. The summed E-state index contributed by atoms with van der Waals surface area (Å²) in [5, 5.41) is 22.4. The summed E-state index contributed by atoms with van der Waals surface area (Å²) in [5.74, 6) is 1.11. The number of nitrogens with zero attached hydrogens (tertiary/aromatic N) is 9. The van der Waals surface area contributed by atoms with E-state index in [0.29, 0.717) is 18.3 Å². The van der Waals surface area contributed by atoms with Crippen molar-refractivity contribution in [1.82, 2.24) is 49.5 Å². The first-order valence-electron chi connectivity index (χ1n) is 11.9. The van der Waals surface area contributed by atoms with Gasteiger partial charge < -0.3 is 0 Å². The van der Waals surface area contributed by atoms with E-state index >= 15 is 0 Å². The van der Waals surface area contributed by atoms with Crippen molar-refractivity contribution < 1.29 is 0 Å². The number of hydrogen-bond donors (Lipinski definition) is 1. The number of H-pyrrole nitrogens is 1. The molecule has 0 saturated heterocycles. The second kappa shape index (κ2) is 9.33. The van der Waals surface area contributed by atoms with Crippen LogP contribution in [0.1, 0.15) is 45.5 Å². The molecular formula is C25H28N10O. The summed E-state index contributed by atoms with van der Waals surface area (Å²) < 4.78 is 5.26. The van der Waals surface area contributed by atoms with E-state index in [1.165, 1.54) is 0 Å². The van der Waals surface area contributed by atoms with Crippen molar-refractivity contribution in [3.8, 4) is 28.5 Å². The van der Waals surface area contributed by atoms with Gasteiger partial charge in [-0.05, 0) is 66.9 Å². The Bertz CT molecular complexity index is 1540. The first-order valence-corrected chi connectivity index (χ1v) is 11.9. The van der Waals surface area contributed by atoms with Crippen molar-refractivity contribution >= 4 is 0 Å². The monoisotopic (exact) mass is 484 g/mol. The molecule has 0 saturated carbocycles. The van der Waals surface area contributed by atoms with Gasteiger partial charge in [-0.2, -0.15) is 0 Å². The number of benzene rings is 1. The van der Waals surface area contributed by atoms with Crippen LogP contribution in [-0.2, 0) is 18.5 Å². The van der Waals surface area contributed by atoms with Crippen LogP contribution >= 0.6 is 0 Å². The summed E-state index contributed by atoms with van der Waals surface area (Å²) in [4.78, 5) is 18.1. The number of aromatic amines is 1. The highest BCUT2D eigenvalue weighted by Gasteiger charge is 2.22. The molecule has 0 atom stereocenters. The van der Waals surface area contributed by atoms with Gasteiger partial charge in [0.25, 0.3) is 0 Å².